The Balaban J connectivity index is 2.05. The van der Waals surface area contributed by atoms with Crippen LogP contribution in [0.5, 0.6) is 5.75 Å². The molecule has 18 heavy (non-hydrogen) atoms. The molecule has 1 unspecified atom stereocenters. The number of benzene rings is 1. The molecule has 0 bridgehead atoms. The molecule has 0 saturated carbocycles. The van der Waals surface area contributed by atoms with Crippen molar-refractivity contribution in [2.75, 3.05) is 0 Å². The molecule has 4 heteroatoms. The smallest absolute Gasteiger partial charge is 0.134 e. The molecule has 0 amide bonds. The highest BCUT2D eigenvalue weighted by molar-refractivity contribution is 5.37. The Bertz CT molecular complexity index is 532. The van der Waals surface area contributed by atoms with E-state index in [9.17, 15) is 0 Å². The predicted octanol–water partition coefficient (Wildman–Crippen LogP) is 2.89. The second-order valence-corrected chi connectivity index (χ2v) is 4.53. The maximum absolute atomic E-state index is 5.84. The number of ether oxygens (including phenoxy) is 1. The molecule has 2 rings (SSSR count). The van der Waals surface area contributed by atoms with Crippen LogP contribution in [0.3, 0.4) is 0 Å². The number of hydrogen-bond donors (Lipinski definition) is 1. The van der Waals surface area contributed by atoms with E-state index in [-0.39, 0.29) is 6.04 Å². The van der Waals surface area contributed by atoms with Crippen LogP contribution in [-0.4, -0.2) is 5.16 Å². The van der Waals surface area contributed by atoms with E-state index in [1.807, 2.05) is 45.0 Å². The summed E-state index contributed by atoms with van der Waals surface area (Å²) < 4.78 is 10.7. The molecule has 4 nitrogen and oxygen atoms in total. The molecular formula is C14H18N2O2. The Hall–Kier alpha value is -1.81. The highest BCUT2D eigenvalue weighted by Crippen LogP contribution is 2.22. The normalized spacial score (nSPS) is 12.4. The van der Waals surface area contributed by atoms with Gasteiger partial charge in [0.05, 0.1) is 0 Å². The first-order chi connectivity index (χ1) is 8.56. The molecule has 2 aromatic rings. The van der Waals surface area contributed by atoms with E-state index in [1.165, 1.54) is 0 Å². The van der Waals surface area contributed by atoms with Crippen molar-refractivity contribution in [1.82, 2.24) is 5.16 Å². The number of aryl methyl sites for hydroxylation is 2. The van der Waals surface area contributed by atoms with Gasteiger partial charge in [-0.1, -0.05) is 17.3 Å². The van der Waals surface area contributed by atoms with Gasteiger partial charge in [0.15, 0.2) is 0 Å². The minimum absolute atomic E-state index is 0.0379. The third kappa shape index (κ3) is 2.90. The lowest BCUT2D eigenvalue weighted by atomic mass is 10.1. The second kappa shape index (κ2) is 5.23. The first-order valence-electron chi connectivity index (χ1n) is 5.97. The number of nitrogens with two attached hydrogens (primary N) is 1. The second-order valence-electron chi connectivity index (χ2n) is 4.53. The maximum atomic E-state index is 5.84. The van der Waals surface area contributed by atoms with Crippen molar-refractivity contribution in [3.8, 4) is 5.75 Å². The number of aromatic nitrogens is 1. The van der Waals surface area contributed by atoms with E-state index in [4.69, 9.17) is 15.0 Å². The number of rotatable bonds is 4. The molecule has 1 atom stereocenters. The fraction of sp³-hybridized carbons (Fsp3) is 0.357. The van der Waals surface area contributed by atoms with Gasteiger partial charge in [0.2, 0.25) is 0 Å². The van der Waals surface area contributed by atoms with Crippen LogP contribution < -0.4 is 10.5 Å². The summed E-state index contributed by atoms with van der Waals surface area (Å²) in [6.07, 6.45) is 0. The summed E-state index contributed by atoms with van der Waals surface area (Å²) in [5.41, 5.74) is 8.81. The molecule has 1 aromatic carbocycles. The fourth-order valence-corrected chi connectivity index (χ4v) is 1.76. The van der Waals surface area contributed by atoms with Gasteiger partial charge in [0, 0.05) is 12.1 Å². The molecule has 0 aliphatic rings. The van der Waals surface area contributed by atoms with E-state index < -0.39 is 0 Å². The van der Waals surface area contributed by atoms with Gasteiger partial charge < -0.3 is 15.0 Å². The Kier molecular flexibility index (Phi) is 3.67. The molecule has 96 valence electrons. The lowest BCUT2D eigenvalue weighted by Crippen LogP contribution is -2.05. The van der Waals surface area contributed by atoms with Gasteiger partial charge in [0.25, 0.3) is 0 Å². The van der Waals surface area contributed by atoms with Crippen LogP contribution in [0.15, 0.2) is 28.8 Å². The Morgan fingerprint density at radius 2 is 2.11 bits per heavy atom. The molecule has 0 fully saturated rings. The molecule has 2 N–H and O–H groups in total. The lowest BCUT2D eigenvalue weighted by Gasteiger charge is -2.11. The van der Waals surface area contributed by atoms with Crippen molar-refractivity contribution in [1.29, 1.82) is 0 Å². The van der Waals surface area contributed by atoms with Gasteiger partial charge in [-0.25, -0.2) is 0 Å². The van der Waals surface area contributed by atoms with Crippen LogP contribution in [0.4, 0.5) is 0 Å². The Labute approximate surface area is 107 Å². The number of nitrogens with zero attached hydrogens (tertiary/aromatic N) is 1. The minimum Gasteiger partial charge on any atom is -0.487 e. The molecule has 1 aromatic heterocycles. The largest absolute Gasteiger partial charge is 0.487 e. The molecule has 0 aliphatic heterocycles. The van der Waals surface area contributed by atoms with Crippen LogP contribution in [0.1, 0.15) is 35.5 Å². The average Bonchev–Trinajstić information content (AvgIpc) is 2.73. The zero-order valence-electron chi connectivity index (χ0n) is 10.9. The van der Waals surface area contributed by atoms with E-state index >= 15 is 0 Å². The van der Waals surface area contributed by atoms with Crippen molar-refractivity contribution in [2.24, 2.45) is 5.73 Å². The zero-order chi connectivity index (χ0) is 13.1. The van der Waals surface area contributed by atoms with Gasteiger partial charge in [-0.05, 0) is 38.0 Å². The summed E-state index contributed by atoms with van der Waals surface area (Å²) in [4.78, 5) is 0. The summed E-state index contributed by atoms with van der Waals surface area (Å²) in [6.45, 7) is 6.25. The van der Waals surface area contributed by atoms with Gasteiger partial charge >= 0.3 is 0 Å². The zero-order valence-corrected chi connectivity index (χ0v) is 10.9. The summed E-state index contributed by atoms with van der Waals surface area (Å²) in [5.74, 6) is 1.64. The van der Waals surface area contributed by atoms with E-state index in [2.05, 4.69) is 5.16 Å². The van der Waals surface area contributed by atoms with E-state index in [0.29, 0.717) is 6.61 Å². The van der Waals surface area contributed by atoms with Gasteiger partial charge in [-0.3, -0.25) is 0 Å². The van der Waals surface area contributed by atoms with Crippen LogP contribution in [0, 0.1) is 13.8 Å². The molecule has 0 saturated heterocycles. The standard InChI is InChI=1S/C14H18N2O2/c1-9-6-12(11(3)15)4-5-14(9)17-8-13-7-10(2)18-16-13/h4-7,11H,8,15H2,1-3H3. The fourth-order valence-electron chi connectivity index (χ4n) is 1.76. The monoisotopic (exact) mass is 246 g/mol. The van der Waals surface area contributed by atoms with Crippen LogP contribution in [-0.2, 0) is 6.61 Å². The van der Waals surface area contributed by atoms with E-state index in [0.717, 1.165) is 28.3 Å². The topological polar surface area (TPSA) is 61.3 Å². The highest BCUT2D eigenvalue weighted by atomic mass is 16.5. The first kappa shape index (κ1) is 12.6. The van der Waals surface area contributed by atoms with E-state index in [1.54, 1.807) is 0 Å². The molecule has 0 radical (unpaired) electrons. The Morgan fingerprint density at radius 3 is 2.67 bits per heavy atom. The van der Waals surface area contributed by atoms with Crippen molar-refractivity contribution >= 4 is 0 Å². The SMILES string of the molecule is Cc1cc(COc2ccc(C(C)N)cc2C)no1. The summed E-state index contributed by atoms with van der Waals surface area (Å²) in [6, 6.07) is 7.89. The van der Waals surface area contributed by atoms with Gasteiger partial charge in [-0.15, -0.1) is 0 Å². The molecular weight excluding hydrogens is 228 g/mol. The third-order valence-electron chi connectivity index (χ3n) is 2.78. The predicted molar refractivity (Wildman–Crippen MR) is 69.4 cm³/mol. The molecule has 0 aliphatic carbocycles. The van der Waals surface area contributed by atoms with Crippen molar-refractivity contribution in [3.63, 3.8) is 0 Å². The quantitative estimate of drug-likeness (QED) is 0.901. The molecule has 0 spiro atoms. The van der Waals surface area contributed by atoms with Crippen molar-refractivity contribution in [3.05, 3.63) is 46.8 Å². The van der Waals surface area contributed by atoms with Gasteiger partial charge in [-0.2, -0.15) is 0 Å². The lowest BCUT2D eigenvalue weighted by molar-refractivity contribution is 0.286. The summed E-state index contributed by atoms with van der Waals surface area (Å²) >= 11 is 0. The maximum Gasteiger partial charge on any atom is 0.134 e. The van der Waals surface area contributed by atoms with Crippen LogP contribution >= 0.6 is 0 Å². The van der Waals surface area contributed by atoms with Crippen molar-refractivity contribution in [2.45, 2.75) is 33.4 Å². The van der Waals surface area contributed by atoms with Crippen molar-refractivity contribution < 1.29 is 9.26 Å². The average molecular weight is 246 g/mol. The Morgan fingerprint density at radius 1 is 1.33 bits per heavy atom. The molecule has 1 heterocycles. The van der Waals surface area contributed by atoms with Crippen LogP contribution in [0.2, 0.25) is 0 Å². The third-order valence-corrected chi connectivity index (χ3v) is 2.78. The minimum atomic E-state index is 0.0379. The summed E-state index contributed by atoms with van der Waals surface area (Å²) in [5, 5.41) is 3.89. The van der Waals surface area contributed by atoms with Crippen LogP contribution in [0.25, 0.3) is 0 Å². The highest BCUT2D eigenvalue weighted by Gasteiger charge is 2.06. The summed E-state index contributed by atoms with van der Waals surface area (Å²) in [7, 11) is 0. The van der Waals surface area contributed by atoms with Gasteiger partial charge in [0.1, 0.15) is 23.8 Å². The first-order valence-corrected chi connectivity index (χ1v) is 5.97. The number of hydrogen-bond acceptors (Lipinski definition) is 4.